The minimum absolute atomic E-state index is 0.0796. The predicted octanol–water partition coefficient (Wildman–Crippen LogP) is 6.42. The summed E-state index contributed by atoms with van der Waals surface area (Å²) in [5.74, 6) is 3.11. The SMILES string of the molecule is C=C(CC[C@@H](C)[C@H]1CC[C@H]2C3=C(CC[C@]12C)[C@@]1(C)CCC(O)CC1C(=O)O3)C(C)C. The van der Waals surface area contributed by atoms with Gasteiger partial charge < -0.3 is 9.84 Å². The first-order valence-electron chi connectivity index (χ1n) is 12.4. The van der Waals surface area contributed by atoms with Crippen molar-refractivity contribution in [2.24, 2.45) is 40.4 Å². The van der Waals surface area contributed by atoms with Crippen LogP contribution in [0.2, 0.25) is 0 Å². The van der Waals surface area contributed by atoms with Crippen LogP contribution in [0.25, 0.3) is 0 Å². The molecule has 1 N–H and O–H groups in total. The van der Waals surface area contributed by atoms with Crippen LogP contribution in [-0.4, -0.2) is 17.2 Å². The second-order valence-corrected chi connectivity index (χ2v) is 11.7. The van der Waals surface area contributed by atoms with Crippen LogP contribution in [0.3, 0.4) is 0 Å². The second kappa shape index (κ2) is 7.80. The summed E-state index contributed by atoms with van der Waals surface area (Å²) in [6.45, 7) is 15.9. The van der Waals surface area contributed by atoms with Crippen molar-refractivity contribution in [2.45, 2.75) is 98.5 Å². The largest absolute Gasteiger partial charge is 0.431 e. The van der Waals surface area contributed by atoms with E-state index in [9.17, 15) is 9.90 Å². The van der Waals surface area contributed by atoms with Gasteiger partial charge in [0, 0.05) is 11.3 Å². The van der Waals surface area contributed by atoms with Gasteiger partial charge in [-0.1, -0.05) is 46.8 Å². The Morgan fingerprint density at radius 2 is 1.90 bits per heavy atom. The molecule has 3 aliphatic carbocycles. The highest BCUT2D eigenvalue weighted by Gasteiger charge is 2.59. The lowest BCUT2D eigenvalue weighted by atomic mass is 9.54. The first-order valence-corrected chi connectivity index (χ1v) is 12.4. The van der Waals surface area contributed by atoms with Crippen molar-refractivity contribution >= 4 is 5.97 Å². The van der Waals surface area contributed by atoms with Crippen molar-refractivity contribution in [2.75, 3.05) is 0 Å². The van der Waals surface area contributed by atoms with Gasteiger partial charge in [-0.05, 0) is 86.5 Å². The summed E-state index contributed by atoms with van der Waals surface area (Å²) in [5.41, 5.74) is 2.91. The van der Waals surface area contributed by atoms with E-state index in [1.54, 1.807) is 0 Å². The highest BCUT2D eigenvalue weighted by molar-refractivity contribution is 5.77. The van der Waals surface area contributed by atoms with Gasteiger partial charge >= 0.3 is 5.97 Å². The molecule has 3 heteroatoms. The molecule has 0 saturated heterocycles. The Labute approximate surface area is 183 Å². The fourth-order valence-corrected chi connectivity index (χ4v) is 7.51. The number of hydrogen-bond acceptors (Lipinski definition) is 3. The molecule has 3 nitrogen and oxygen atoms in total. The Hall–Kier alpha value is -1.09. The minimum atomic E-state index is -0.357. The lowest BCUT2D eigenvalue weighted by Gasteiger charge is -2.53. The molecule has 0 bridgehead atoms. The number of aliphatic hydroxyl groups is 1. The molecule has 168 valence electrons. The number of fused-ring (bicyclic) bond motifs is 4. The summed E-state index contributed by atoms with van der Waals surface area (Å²) < 4.78 is 6.13. The van der Waals surface area contributed by atoms with Gasteiger partial charge in [0.2, 0.25) is 0 Å². The Kier molecular flexibility index (Phi) is 5.75. The van der Waals surface area contributed by atoms with Crippen LogP contribution < -0.4 is 0 Å². The number of ether oxygens (including phenoxy) is 1. The van der Waals surface area contributed by atoms with E-state index in [4.69, 9.17) is 4.74 Å². The van der Waals surface area contributed by atoms with Gasteiger partial charge in [0.15, 0.2) is 0 Å². The molecule has 4 aliphatic rings. The normalized spacial score (nSPS) is 41.8. The molecule has 30 heavy (non-hydrogen) atoms. The van der Waals surface area contributed by atoms with Gasteiger partial charge in [-0.2, -0.15) is 0 Å². The van der Waals surface area contributed by atoms with Crippen molar-refractivity contribution in [3.05, 3.63) is 23.5 Å². The van der Waals surface area contributed by atoms with Crippen LogP contribution in [0.4, 0.5) is 0 Å². The van der Waals surface area contributed by atoms with Crippen LogP contribution in [-0.2, 0) is 9.53 Å². The van der Waals surface area contributed by atoms with Crippen molar-refractivity contribution in [1.82, 2.24) is 0 Å². The van der Waals surface area contributed by atoms with E-state index < -0.39 is 0 Å². The van der Waals surface area contributed by atoms with E-state index in [0.717, 1.165) is 37.9 Å². The molecule has 0 aromatic carbocycles. The molecular formula is C27H42O3. The molecule has 0 radical (unpaired) electrons. The summed E-state index contributed by atoms with van der Waals surface area (Å²) >= 11 is 0. The van der Waals surface area contributed by atoms with Gasteiger partial charge in [-0.15, -0.1) is 0 Å². The quantitative estimate of drug-likeness (QED) is 0.417. The lowest BCUT2D eigenvalue weighted by molar-refractivity contribution is -0.159. The zero-order chi connectivity index (χ0) is 21.8. The molecule has 7 atom stereocenters. The number of hydrogen-bond donors (Lipinski definition) is 1. The smallest absolute Gasteiger partial charge is 0.315 e. The highest BCUT2D eigenvalue weighted by Crippen LogP contribution is 2.64. The number of carbonyl (C=O) groups is 1. The summed E-state index contributed by atoms with van der Waals surface area (Å²) in [5, 5.41) is 10.2. The lowest BCUT2D eigenvalue weighted by Crippen LogP contribution is -2.50. The second-order valence-electron chi connectivity index (χ2n) is 11.7. The predicted molar refractivity (Wildman–Crippen MR) is 121 cm³/mol. The maximum atomic E-state index is 13.0. The average molecular weight is 415 g/mol. The van der Waals surface area contributed by atoms with E-state index in [1.165, 1.54) is 30.4 Å². The third-order valence-electron chi connectivity index (χ3n) is 9.82. The van der Waals surface area contributed by atoms with Crippen LogP contribution >= 0.6 is 0 Å². The molecule has 0 aromatic rings. The average Bonchev–Trinajstić information content (AvgIpc) is 3.04. The highest BCUT2D eigenvalue weighted by atomic mass is 16.5. The minimum Gasteiger partial charge on any atom is -0.431 e. The van der Waals surface area contributed by atoms with E-state index in [-0.39, 0.29) is 28.8 Å². The summed E-state index contributed by atoms with van der Waals surface area (Å²) in [6, 6.07) is 0. The fraction of sp³-hybridized carbons (Fsp3) is 0.815. The van der Waals surface area contributed by atoms with E-state index in [2.05, 4.69) is 41.2 Å². The summed E-state index contributed by atoms with van der Waals surface area (Å²) in [4.78, 5) is 13.0. The van der Waals surface area contributed by atoms with Gasteiger partial charge in [0.05, 0.1) is 12.0 Å². The topological polar surface area (TPSA) is 46.5 Å². The Bertz CT molecular complexity index is 749. The third-order valence-corrected chi connectivity index (χ3v) is 9.82. The number of carbonyl (C=O) groups excluding carboxylic acids is 1. The monoisotopic (exact) mass is 414 g/mol. The molecular weight excluding hydrogens is 372 g/mol. The van der Waals surface area contributed by atoms with Gasteiger partial charge in [-0.25, -0.2) is 0 Å². The standard InChI is InChI=1S/C27H42O3/c1-16(2)17(3)7-8-18(4)20-9-10-21-24-22(12-14-26(20,21)5)27(6)13-11-19(28)15-23(27)25(29)30-24/h16,18-21,23,28H,3,7-15H2,1-2,4-6H3/t18-,19?,20-,21+,23?,26-,27-/m1/s1. The fourth-order valence-electron chi connectivity index (χ4n) is 7.51. The van der Waals surface area contributed by atoms with Gasteiger partial charge in [-0.3, -0.25) is 4.79 Å². The Morgan fingerprint density at radius 1 is 1.17 bits per heavy atom. The Morgan fingerprint density at radius 3 is 2.60 bits per heavy atom. The number of esters is 1. The molecule has 1 aliphatic heterocycles. The van der Waals surface area contributed by atoms with Crippen LogP contribution in [0.5, 0.6) is 0 Å². The van der Waals surface area contributed by atoms with E-state index in [0.29, 0.717) is 30.1 Å². The first-order chi connectivity index (χ1) is 14.1. The van der Waals surface area contributed by atoms with E-state index >= 15 is 0 Å². The van der Waals surface area contributed by atoms with Crippen LogP contribution in [0.15, 0.2) is 23.5 Å². The van der Waals surface area contributed by atoms with Crippen molar-refractivity contribution in [1.29, 1.82) is 0 Å². The summed E-state index contributed by atoms with van der Waals surface area (Å²) in [7, 11) is 0. The third kappa shape index (κ3) is 3.40. The maximum Gasteiger partial charge on any atom is 0.315 e. The molecule has 2 saturated carbocycles. The van der Waals surface area contributed by atoms with Gasteiger partial charge in [0.25, 0.3) is 0 Å². The van der Waals surface area contributed by atoms with Crippen molar-refractivity contribution in [3.63, 3.8) is 0 Å². The zero-order valence-corrected chi connectivity index (χ0v) is 19.8. The maximum absolute atomic E-state index is 13.0. The van der Waals surface area contributed by atoms with Crippen LogP contribution in [0.1, 0.15) is 92.4 Å². The molecule has 4 rings (SSSR count). The van der Waals surface area contributed by atoms with Crippen molar-refractivity contribution in [3.8, 4) is 0 Å². The molecule has 0 aromatic heterocycles. The first kappa shape index (κ1) is 22.1. The van der Waals surface area contributed by atoms with Gasteiger partial charge in [0.1, 0.15) is 5.76 Å². The summed E-state index contributed by atoms with van der Waals surface area (Å²) in [6.07, 6.45) is 8.91. The molecule has 0 spiro atoms. The number of allylic oxidation sites excluding steroid dienone is 3. The van der Waals surface area contributed by atoms with Crippen molar-refractivity contribution < 1.29 is 14.6 Å². The van der Waals surface area contributed by atoms with Crippen LogP contribution in [0, 0.1) is 40.4 Å². The molecule has 1 heterocycles. The number of rotatable bonds is 5. The molecule has 2 fully saturated rings. The molecule has 0 amide bonds. The molecule has 2 unspecified atom stereocenters. The number of aliphatic hydroxyl groups excluding tert-OH is 1. The Balaban J connectivity index is 1.57. The zero-order valence-electron chi connectivity index (χ0n) is 19.8. The van der Waals surface area contributed by atoms with E-state index in [1.807, 2.05) is 0 Å².